The lowest BCUT2D eigenvalue weighted by atomic mass is 10.2. The van der Waals surface area contributed by atoms with Gasteiger partial charge in [0, 0.05) is 21.2 Å². The van der Waals surface area contributed by atoms with Crippen LogP contribution in [0.1, 0.15) is 9.67 Å². The highest BCUT2D eigenvalue weighted by molar-refractivity contribution is 7.21. The van der Waals surface area contributed by atoms with Crippen LogP contribution in [0.5, 0.6) is 5.75 Å². The number of hydrogen-bond donors (Lipinski definition) is 1. The number of anilines is 1. The summed E-state index contributed by atoms with van der Waals surface area (Å²) >= 11 is 7.14. The quantitative estimate of drug-likeness (QED) is 0.712. The molecule has 2 aromatic carbocycles. The Balaban J connectivity index is 2.02. The van der Waals surface area contributed by atoms with Gasteiger partial charge < -0.3 is 10.1 Å². The number of halogens is 3. The van der Waals surface area contributed by atoms with E-state index in [1.807, 2.05) is 0 Å². The number of nitrogens with one attached hydrogen (secondary N) is 1. The van der Waals surface area contributed by atoms with E-state index in [0.29, 0.717) is 16.2 Å². The zero-order valence-corrected chi connectivity index (χ0v) is 13.4. The summed E-state index contributed by atoms with van der Waals surface area (Å²) < 4.78 is 33.0. The average molecular weight is 354 g/mol. The molecule has 7 heteroatoms. The molecule has 3 rings (SSSR count). The van der Waals surface area contributed by atoms with E-state index in [1.165, 1.54) is 18.4 Å². The van der Waals surface area contributed by atoms with Crippen molar-refractivity contribution in [2.24, 2.45) is 0 Å². The van der Waals surface area contributed by atoms with Crippen molar-refractivity contribution in [3.63, 3.8) is 0 Å². The summed E-state index contributed by atoms with van der Waals surface area (Å²) in [5.74, 6) is -1.59. The fourth-order valence-electron chi connectivity index (χ4n) is 2.17. The van der Waals surface area contributed by atoms with Gasteiger partial charge in [-0.25, -0.2) is 8.78 Å². The zero-order chi connectivity index (χ0) is 16.6. The third-order valence-electron chi connectivity index (χ3n) is 3.19. The minimum atomic E-state index is -0.720. The zero-order valence-electron chi connectivity index (χ0n) is 11.8. The summed E-state index contributed by atoms with van der Waals surface area (Å²) in [7, 11) is 1.43. The molecule has 118 valence electrons. The number of methoxy groups -OCH3 is 1. The third kappa shape index (κ3) is 3.00. The normalized spacial score (nSPS) is 10.8. The van der Waals surface area contributed by atoms with Crippen molar-refractivity contribution in [3.05, 3.63) is 57.9 Å². The van der Waals surface area contributed by atoms with Crippen molar-refractivity contribution >= 4 is 44.6 Å². The summed E-state index contributed by atoms with van der Waals surface area (Å²) in [4.78, 5) is 12.7. The topological polar surface area (TPSA) is 38.3 Å². The van der Waals surface area contributed by atoms with Gasteiger partial charge in [-0.05, 0) is 30.3 Å². The lowest BCUT2D eigenvalue weighted by Gasteiger charge is -2.07. The summed E-state index contributed by atoms with van der Waals surface area (Å²) in [6.45, 7) is 0. The van der Waals surface area contributed by atoms with Gasteiger partial charge in [-0.3, -0.25) is 4.79 Å². The summed E-state index contributed by atoms with van der Waals surface area (Å²) in [5.41, 5.74) is -0.229. The van der Waals surface area contributed by atoms with Gasteiger partial charge in [-0.1, -0.05) is 11.6 Å². The second-order valence-electron chi connectivity index (χ2n) is 4.68. The molecule has 0 aliphatic heterocycles. The molecular formula is C16H10ClF2NO2S. The van der Waals surface area contributed by atoms with Gasteiger partial charge in [0.15, 0.2) is 0 Å². The molecule has 1 amide bonds. The Morgan fingerprint density at radius 3 is 2.74 bits per heavy atom. The number of rotatable bonds is 3. The molecule has 0 aliphatic rings. The van der Waals surface area contributed by atoms with Crippen LogP contribution < -0.4 is 10.1 Å². The first-order valence-corrected chi connectivity index (χ1v) is 7.71. The van der Waals surface area contributed by atoms with E-state index in [0.717, 1.165) is 22.9 Å². The first-order valence-electron chi connectivity index (χ1n) is 6.52. The second-order valence-corrected chi connectivity index (χ2v) is 6.17. The first kappa shape index (κ1) is 15.7. The van der Waals surface area contributed by atoms with Crippen molar-refractivity contribution in [3.8, 4) is 5.75 Å². The van der Waals surface area contributed by atoms with Crippen LogP contribution in [0.2, 0.25) is 5.02 Å². The lowest BCUT2D eigenvalue weighted by molar-refractivity contribution is 0.102. The smallest absolute Gasteiger partial charge is 0.269 e. The molecule has 23 heavy (non-hydrogen) atoms. The highest BCUT2D eigenvalue weighted by atomic mass is 35.5. The second kappa shape index (κ2) is 6.14. The maximum Gasteiger partial charge on any atom is 0.269 e. The number of fused-ring (bicyclic) bond motifs is 1. The highest BCUT2D eigenvalue weighted by Crippen LogP contribution is 2.39. The van der Waals surface area contributed by atoms with Gasteiger partial charge in [0.2, 0.25) is 0 Å². The van der Waals surface area contributed by atoms with Gasteiger partial charge in [-0.15, -0.1) is 11.3 Å². The predicted molar refractivity (Wildman–Crippen MR) is 87.7 cm³/mol. The number of amides is 1. The van der Waals surface area contributed by atoms with E-state index in [-0.39, 0.29) is 10.6 Å². The molecule has 0 bridgehead atoms. The Kier molecular flexibility index (Phi) is 4.19. The van der Waals surface area contributed by atoms with E-state index in [2.05, 4.69) is 5.32 Å². The number of carbonyl (C=O) groups excluding carboxylic acids is 1. The molecule has 0 unspecified atom stereocenters. The molecule has 1 heterocycles. The van der Waals surface area contributed by atoms with Crippen molar-refractivity contribution < 1.29 is 18.3 Å². The van der Waals surface area contributed by atoms with E-state index in [1.54, 1.807) is 18.2 Å². The van der Waals surface area contributed by atoms with Crippen LogP contribution in [-0.2, 0) is 0 Å². The Morgan fingerprint density at radius 1 is 1.22 bits per heavy atom. The van der Waals surface area contributed by atoms with Crippen LogP contribution in [0.25, 0.3) is 10.1 Å². The van der Waals surface area contributed by atoms with Gasteiger partial charge in [-0.2, -0.15) is 0 Å². The van der Waals surface area contributed by atoms with Crippen LogP contribution in [0, 0.1) is 11.6 Å². The van der Waals surface area contributed by atoms with Crippen molar-refractivity contribution in [1.29, 1.82) is 0 Å². The lowest BCUT2D eigenvalue weighted by Crippen LogP contribution is -2.12. The van der Waals surface area contributed by atoms with E-state index in [4.69, 9.17) is 16.3 Å². The Labute approximate surface area is 139 Å². The van der Waals surface area contributed by atoms with E-state index >= 15 is 0 Å². The number of ether oxygens (including phenoxy) is 1. The summed E-state index contributed by atoms with van der Waals surface area (Å²) in [6.07, 6.45) is 0. The molecule has 0 fully saturated rings. The molecule has 1 N–H and O–H groups in total. The number of thiophene rings is 1. The molecule has 0 aliphatic carbocycles. The molecule has 0 spiro atoms. The monoisotopic (exact) mass is 353 g/mol. The Hall–Kier alpha value is -2.18. The average Bonchev–Trinajstić information content (AvgIpc) is 2.88. The van der Waals surface area contributed by atoms with Crippen LogP contribution in [0.3, 0.4) is 0 Å². The molecular weight excluding hydrogens is 344 g/mol. The van der Waals surface area contributed by atoms with E-state index < -0.39 is 17.5 Å². The largest absolute Gasteiger partial charge is 0.494 e. The van der Waals surface area contributed by atoms with Crippen LogP contribution in [-0.4, -0.2) is 13.0 Å². The van der Waals surface area contributed by atoms with Gasteiger partial charge in [0.05, 0.1) is 12.8 Å². The molecule has 3 nitrogen and oxygen atoms in total. The number of carbonyl (C=O) groups is 1. The molecule has 0 atom stereocenters. The Morgan fingerprint density at radius 2 is 2.00 bits per heavy atom. The Bertz CT molecular complexity index is 910. The highest BCUT2D eigenvalue weighted by Gasteiger charge is 2.20. The van der Waals surface area contributed by atoms with Gasteiger partial charge >= 0.3 is 0 Å². The standard InChI is InChI=1S/C16H10ClF2NO2S/c1-22-14-10-6-8(17)2-5-13(10)23-15(14)16(21)20-12-7-9(18)3-4-11(12)19/h2-7H,1H3,(H,20,21). The van der Waals surface area contributed by atoms with Crippen LogP contribution in [0.4, 0.5) is 14.5 Å². The minimum Gasteiger partial charge on any atom is -0.494 e. The van der Waals surface area contributed by atoms with Gasteiger partial charge in [0.1, 0.15) is 22.3 Å². The predicted octanol–water partition coefficient (Wildman–Crippen LogP) is 5.09. The molecule has 3 aromatic rings. The fourth-order valence-corrected chi connectivity index (χ4v) is 3.39. The van der Waals surface area contributed by atoms with E-state index in [9.17, 15) is 13.6 Å². The summed E-state index contributed by atoms with van der Waals surface area (Å²) in [6, 6.07) is 8.01. The molecule has 1 aromatic heterocycles. The third-order valence-corrected chi connectivity index (χ3v) is 4.58. The molecule has 0 saturated carbocycles. The van der Waals surface area contributed by atoms with Crippen molar-refractivity contribution in [2.75, 3.05) is 12.4 Å². The summed E-state index contributed by atoms with van der Waals surface area (Å²) in [5, 5.41) is 3.56. The number of hydrogen-bond acceptors (Lipinski definition) is 3. The maximum absolute atomic E-state index is 13.7. The molecule has 0 saturated heterocycles. The van der Waals surface area contributed by atoms with Gasteiger partial charge in [0.25, 0.3) is 5.91 Å². The van der Waals surface area contributed by atoms with Crippen molar-refractivity contribution in [2.45, 2.75) is 0 Å². The molecule has 0 radical (unpaired) electrons. The minimum absolute atomic E-state index is 0.229. The maximum atomic E-state index is 13.7. The van der Waals surface area contributed by atoms with Crippen LogP contribution >= 0.6 is 22.9 Å². The van der Waals surface area contributed by atoms with Crippen molar-refractivity contribution in [1.82, 2.24) is 0 Å². The fraction of sp³-hybridized carbons (Fsp3) is 0.0625. The number of benzene rings is 2. The SMILES string of the molecule is COc1c(C(=O)Nc2cc(F)ccc2F)sc2ccc(Cl)cc12. The first-order chi connectivity index (χ1) is 11.0. The van der Waals surface area contributed by atoms with Crippen LogP contribution in [0.15, 0.2) is 36.4 Å².